The topological polar surface area (TPSA) is 77.2 Å². The Hall–Kier alpha value is -2.80. The van der Waals surface area contributed by atoms with Gasteiger partial charge in [-0.1, -0.05) is 49.9 Å². The predicted octanol–water partition coefficient (Wildman–Crippen LogP) is 4.52. The summed E-state index contributed by atoms with van der Waals surface area (Å²) in [5.74, 6) is 1.82. The molecule has 0 saturated heterocycles. The average Bonchev–Trinajstić information content (AvgIpc) is 3.14. The number of thioether (sulfide) groups is 1. The maximum absolute atomic E-state index is 12.2. The van der Waals surface area contributed by atoms with Crippen LogP contribution in [-0.2, 0) is 11.2 Å². The fourth-order valence-electron chi connectivity index (χ4n) is 2.59. The standard InChI is InChI=1S/C21H23N3O3S/c1-14(2)16-5-4-6-17(12-16)22-19(25)13-28-21-24-23-20(27-21)11-15-7-9-18(26-3)10-8-15/h4-10,12,14H,11,13H2,1-3H3,(H,22,25). The number of aromatic nitrogens is 2. The van der Waals surface area contributed by atoms with E-state index < -0.39 is 0 Å². The van der Waals surface area contributed by atoms with Crippen LogP contribution in [0.15, 0.2) is 58.2 Å². The van der Waals surface area contributed by atoms with Gasteiger partial charge in [-0.3, -0.25) is 4.79 Å². The maximum atomic E-state index is 12.2. The molecule has 1 amide bonds. The van der Waals surface area contributed by atoms with Gasteiger partial charge in [-0.2, -0.15) is 0 Å². The minimum absolute atomic E-state index is 0.110. The lowest BCUT2D eigenvalue weighted by Gasteiger charge is -2.09. The first-order valence-corrected chi connectivity index (χ1v) is 10.00. The summed E-state index contributed by atoms with van der Waals surface area (Å²) in [6.45, 7) is 4.24. The molecule has 0 aliphatic rings. The van der Waals surface area contributed by atoms with Crippen LogP contribution in [-0.4, -0.2) is 29.0 Å². The first kappa shape index (κ1) is 19.9. The Morgan fingerprint density at radius 2 is 1.96 bits per heavy atom. The summed E-state index contributed by atoms with van der Waals surface area (Å²) in [7, 11) is 1.63. The Morgan fingerprint density at radius 3 is 2.68 bits per heavy atom. The summed E-state index contributed by atoms with van der Waals surface area (Å²) < 4.78 is 10.8. The van der Waals surface area contributed by atoms with E-state index in [0.717, 1.165) is 17.0 Å². The van der Waals surface area contributed by atoms with Gasteiger partial charge in [0.05, 0.1) is 19.3 Å². The minimum atomic E-state index is -0.110. The van der Waals surface area contributed by atoms with Gasteiger partial charge in [0.2, 0.25) is 11.8 Å². The summed E-state index contributed by atoms with van der Waals surface area (Å²) in [5.41, 5.74) is 3.02. The van der Waals surface area contributed by atoms with Crippen LogP contribution >= 0.6 is 11.8 Å². The number of rotatable bonds is 8. The lowest BCUT2D eigenvalue weighted by molar-refractivity contribution is -0.113. The minimum Gasteiger partial charge on any atom is -0.497 e. The van der Waals surface area contributed by atoms with Gasteiger partial charge in [-0.05, 0) is 41.3 Å². The van der Waals surface area contributed by atoms with Crippen LogP contribution < -0.4 is 10.1 Å². The highest BCUT2D eigenvalue weighted by molar-refractivity contribution is 7.99. The third-order valence-corrected chi connectivity index (χ3v) is 4.94. The fourth-order valence-corrected chi connectivity index (χ4v) is 3.17. The van der Waals surface area contributed by atoms with Gasteiger partial charge >= 0.3 is 0 Å². The number of carbonyl (C=O) groups is 1. The van der Waals surface area contributed by atoms with Gasteiger partial charge in [0.25, 0.3) is 5.22 Å². The van der Waals surface area contributed by atoms with Crippen LogP contribution in [0.3, 0.4) is 0 Å². The van der Waals surface area contributed by atoms with Crippen molar-refractivity contribution in [1.82, 2.24) is 10.2 Å². The normalized spacial score (nSPS) is 10.9. The fraction of sp³-hybridized carbons (Fsp3) is 0.286. The Kier molecular flexibility index (Phi) is 6.71. The van der Waals surface area contributed by atoms with Crippen LogP contribution in [0.1, 0.15) is 36.8 Å². The Morgan fingerprint density at radius 1 is 1.18 bits per heavy atom. The lowest BCUT2D eigenvalue weighted by Crippen LogP contribution is -2.14. The number of hydrogen-bond acceptors (Lipinski definition) is 6. The molecule has 0 fully saturated rings. The highest BCUT2D eigenvalue weighted by Gasteiger charge is 2.11. The van der Waals surface area contributed by atoms with Crippen molar-refractivity contribution in [3.63, 3.8) is 0 Å². The second kappa shape index (κ2) is 9.41. The molecule has 0 aliphatic carbocycles. The number of amides is 1. The number of benzene rings is 2. The first-order valence-electron chi connectivity index (χ1n) is 9.01. The lowest BCUT2D eigenvalue weighted by atomic mass is 10.0. The average molecular weight is 398 g/mol. The van der Waals surface area contributed by atoms with Gasteiger partial charge in [0.1, 0.15) is 5.75 Å². The smallest absolute Gasteiger partial charge is 0.277 e. The molecular weight excluding hydrogens is 374 g/mol. The molecule has 3 aromatic rings. The van der Waals surface area contributed by atoms with Gasteiger partial charge in [0, 0.05) is 5.69 Å². The van der Waals surface area contributed by atoms with Crippen molar-refractivity contribution in [2.45, 2.75) is 31.4 Å². The molecule has 0 spiro atoms. The van der Waals surface area contributed by atoms with Crippen molar-refractivity contribution in [1.29, 1.82) is 0 Å². The summed E-state index contributed by atoms with van der Waals surface area (Å²) in [6, 6.07) is 15.6. The molecule has 3 rings (SSSR count). The van der Waals surface area contributed by atoms with E-state index in [2.05, 4.69) is 35.4 Å². The summed E-state index contributed by atoms with van der Waals surface area (Å²) in [5, 5.41) is 11.3. The van der Waals surface area contributed by atoms with E-state index in [1.165, 1.54) is 17.3 Å². The molecule has 2 aromatic carbocycles. The number of carbonyl (C=O) groups excluding carboxylic acids is 1. The summed E-state index contributed by atoms with van der Waals surface area (Å²) >= 11 is 1.22. The highest BCUT2D eigenvalue weighted by atomic mass is 32.2. The van der Waals surface area contributed by atoms with E-state index in [1.54, 1.807) is 7.11 Å². The number of ether oxygens (including phenoxy) is 1. The molecule has 0 radical (unpaired) electrons. The molecule has 1 heterocycles. The zero-order valence-electron chi connectivity index (χ0n) is 16.1. The van der Waals surface area contributed by atoms with Gasteiger partial charge in [-0.25, -0.2) is 0 Å². The van der Waals surface area contributed by atoms with E-state index in [1.807, 2.05) is 42.5 Å². The van der Waals surface area contributed by atoms with Crippen LogP contribution in [0, 0.1) is 0 Å². The molecule has 1 aromatic heterocycles. The molecule has 1 N–H and O–H groups in total. The molecule has 0 bridgehead atoms. The predicted molar refractivity (Wildman–Crippen MR) is 110 cm³/mol. The van der Waals surface area contributed by atoms with Crippen LogP contribution in [0.2, 0.25) is 0 Å². The second-order valence-corrected chi connectivity index (χ2v) is 7.53. The second-order valence-electron chi connectivity index (χ2n) is 6.60. The molecule has 0 saturated carbocycles. The van der Waals surface area contributed by atoms with Crippen LogP contribution in [0.5, 0.6) is 5.75 Å². The zero-order valence-corrected chi connectivity index (χ0v) is 17.0. The van der Waals surface area contributed by atoms with E-state index in [0.29, 0.717) is 23.5 Å². The quantitative estimate of drug-likeness (QED) is 0.563. The van der Waals surface area contributed by atoms with E-state index >= 15 is 0 Å². The Balaban J connectivity index is 1.50. The van der Waals surface area contributed by atoms with Crippen molar-refractivity contribution in [3.05, 3.63) is 65.5 Å². The monoisotopic (exact) mass is 397 g/mol. The largest absolute Gasteiger partial charge is 0.497 e. The van der Waals surface area contributed by atoms with Crippen molar-refractivity contribution in [3.8, 4) is 5.75 Å². The summed E-state index contributed by atoms with van der Waals surface area (Å²) in [6.07, 6.45) is 0.533. The molecule has 0 unspecified atom stereocenters. The molecule has 0 atom stereocenters. The maximum Gasteiger partial charge on any atom is 0.277 e. The molecule has 28 heavy (non-hydrogen) atoms. The summed E-state index contributed by atoms with van der Waals surface area (Å²) in [4.78, 5) is 12.2. The molecule has 7 heteroatoms. The molecule has 146 valence electrons. The molecule has 0 aliphatic heterocycles. The highest BCUT2D eigenvalue weighted by Crippen LogP contribution is 2.21. The molecule has 6 nitrogen and oxygen atoms in total. The van der Waals surface area contributed by atoms with Crippen LogP contribution in [0.4, 0.5) is 5.69 Å². The Labute approximate surface area is 168 Å². The number of nitrogens with zero attached hydrogens (tertiary/aromatic N) is 2. The van der Waals surface area contributed by atoms with Gasteiger partial charge in [-0.15, -0.1) is 10.2 Å². The van der Waals surface area contributed by atoms with E-state index in [9.17, 15) is 4.79 Å². The van der Waals surface area contributed by atoms with Crippen molar-refractivity contribution in [2.24, 2.45) is 0 Å². The van der Waals surface area contributed by atoms with E-state index in [4.69, 9.17) is 9.15 Å². The first-order chi connectivity index (χ1) is 13.5. The SMILES string of the molecule is COc1ccc(Cc2nnc(SCC(=O)Nc3cccc(C(C)C)c3)o2)cc1. The van der Waals surface area contributed by atoms with Crippen molar-refractivity contribution < 1.29 is 13.9 Å². The third-order valence-electron chi connectivity index (χ3n) is 4.13. The third kappa shape index (κ3) is 5.60. The van der Waals surface area contributed by atoms with Gasteiger partial charge < -0.3 is 14.5 Å². The van der Waals surface area contributed by atoms with E-state index in [-0.39, 0.29) is 11.7 Å². The number of anilines is 1. The van der Waals surface area contributed by atoms with Gasteiger partial charge in [0.15, 0.2) is 0 Å². The number of nitrogens with one attached hydrogen (secondary N) is 1. The zero-order chi connectivity index (χ0) is 19.9. The molecular formula is C21H23N3O3S. The van der Waals surface area contributed by atoms with Crippen molar-refractivity contribution >= 4 is 23.4 Å². The number of methoxy groups -OCH3 is 1. The Bertz CT molecular complexity index is 923. The van der Waals surface area contributed by atoms with Crippen LogP contribution in [0.25, 0.3) is 0 Å². The van der Waals surface area contributed by atoms with Crippen molar-refractivity contribution in [2.75, 3.05) is 18.2 Å². The number of hydrogen-bond donors (Lipinski definition) is 1.